The molecule has 0 atom stereocenters. The molecule has 1 N–H and O–H groups in total. The van der Waals surface area contributed by atoms with Crippen molar-refractivity contribution in [3.63, 3.8) is 0 Å². The second kappa shape index (κ2) is 4.80. The van der Waals surface area contributed by atoms with E-state index in [0.29, 0.717) is 11.6 Å². The Morgan fingerprint density at radius 3 is 3.00 bits per heavy atom. The van der Waals surface area contributed by atoms with E-state index in [1.54, 1.807) is 0 Å². The summed E-state index contributed by atoms with van der Waals surface area (Å²) in [5.74, 6) is 0.849. The van der Waals surface area contributed by atoms with E-state index in [-0.39, 0.29) is 11.3 Å². The molecule has 5 heteroatoms. The summed E-state index contributed by atoms with van der Waals surface area (Å²) in [4.78, 5) is 16.4. The molecule has 2 aromatic rings. The van der Waals surface area contributed by atoms with Gasteiger partial charge >= 0.3 is 0 Å². The minimum absolute atomic E-state index is 0.0577. The van der Waals surface area contributed by atoms with E-state index in [9.17, 15) is 4.79 Å². The molecule has 1 amide bonds. The van der Waals surface area contributed by atoms with Crippen LogP contribution < -0.4 is 5.32 Å². The van der Waals surface area contributed by atoms with E-state index in [2.05, 4.69) is 35.9 Å². The van der Waals surface area contributed by atoms with Gasteiger partial charge in [0.1, 0.15) is 0 Å². The van der Waals surface area contributed by atoms with Crippen LogP contribution in [0.1, 0.15) is 24.8 Å². The van der Waals surface area contributed by atoms with Gasteiger partial charge in [-0.3, -0.25) is 4.79 Å². The number of aromatic nitrogens is 1. The summed E-state index contributed by atoms with van der Waals surface area (Å²) >= 11 is 5.86. The zero-order chi connectivity index (χ0) is 13.5. The van der Waals surface area contributed by atoms with Crippen molar-refractivity contribution in [1.82, 2.24) is 4.98 Å². The van der Waals surface area contributed by atoms with Crippen molar-refractivity contribution in [3.8, 4) is 0 Å². The minimum Gasteiger partial charge on any atom is -0.302 e. The van der Waals surface area contributed by atoms with Crippen molar-refractivity contribution in [2.45, 2.75) is 26.2 Å². The van der Waals surface area contributed by atoms with Crippen LogP contribution in [-0.2, 0) is 4.79 Å². The maximum Gasteiger partial charge on any atom is 0.226 e. The van der Waals surface area contributed by atoms with Crippen molar-refractivity contribution in [3.05, 3.63) is 23.8 Å². The molecule has 0 spiro atoms. The van der Waals surface area contributed by atoms with Gasteiger partial charge in [-0.2, -0.15) is 12.6 Å². The molecule has 1 aromatic heterocycles. The molecule has 3 nitrogen and oxygen atoms in total. The van der Waals surface area contributed by atoms with Crippen LogP contribution in [0.3, 0.4) is 0 Å². The maximum atomic E-state index is 12.0. The highest BCUT2D eigenvalue weighted by molar-refractivity contribution is 7.80. The first-order valence-electron chi connectivity index (χ1n) is 6.38. The third kappa shape index (κ3) is 2.77. The summed E-state index contributed by atoms with van der Waals surface area (Å²) in [7, 11) is 0. The topological polar surface area (TPSA) is 42.0 Å². The van der Waals surface area contributed by atoms with E-state index in [1.165, 1.54) is 16.9 Å². The molecule has 1 fully saturated rings. The Morgan fingerprint density at radius 2 is 2.32 bits per heavy atom. The molecule has 100 valence electrons. The van der Waals surface area contributed by atoms with Crippen molar-refractivity contribution in [1.29, 1.82) is 0 Å². The lowest BCUT2D eigenvalue weighted by atomic mass is 10.1. The van der Waals surface area contributed by atoms with Crippen LogP contribution in [-0.4, -0.2) is 16.6 Å². The van der Waals surface area contributed by atoms with Crippen molar-refractivity contribution in [2.24, 2.45) is 5.41 Å². The van der Waals surface area contributed by atoms with Crippen LogP contribution in [0.15, 0.2) is 18.2 Å². The lowest BCUT2D eigenvalue weighted by molar-refractivity contribution is -0.117. The molecule has 0 bridgehead atoms. The normalized spacial score (nSPS) is 16.5. The highest BCUT2D eigenvalue weighted by atomic mass is 32.1. The summed E-state index contributed by atoms with van der Waals surface area (Å²) in [6.07, 6.45) is 2.79. The summed E-state index contributed by atoms with van der Waals surface area (Å²) in [5.41, 5.74) is 2.31. The van der Waals surface area contributed by atoms with Crippen LogP contribution in [0, 0.1) is 12.3 Å². The number of benzene rings is 1. The number of fused-ring (bicyclic) bond motifs is 1. The molecule has 0 saturated heterocycles. The first-order valence-corrected chi connectivity index (χ1v) is 7.83. The molecule has 3 rings (SSSR count). The molecule has 1 aliphatic carbocycles. The van der Waals surface area contributed by atoms with E-state index < -0.39 is 0 Å². The van der Waals surface area contributed by atoms with Crippen molar-refractivity contribution in [2.75, 3.05) is 11.1 Å². The molecule has 1 aliphatic rings. The number of anilines is 1. The van der Waals surface area contributed by atoms with Gasteiger partial charge in [0.25, 0.3) is 0 Å². The summed E-state index contributed by atoms with van der Waals surface area (Å²) < 4.78 is 1.12. The highest BCUT2D eigenvalue weighted by Gasteiger charge is 2.42. The van der Waals surface area contributed by atoms with E-state index in [1.807, 2.05) is 12.1 Å². The number of carbonyl (C=O) groups excluding carboxylic acids is 1. The second-order valence-electron chi connectivity index (χ2n) is 5.37. The zero-order valence-electron chi connectivity index (χ0n) is 10.8. The van der Waals surface area contributed by atoms with E-state index >= 15 is 0 Å². The van der Waals surface area contributed by atoms with Gasteiger partial charge < -0.3 is 5.32 Å². The molecule has 0 radical (unpaired) electrons. The van der Waals surface area contributed by atoms with E-state index in [0.717, 1.165) is 28.8 Å². The largest absolute Gasteiger partial charge is 0.302 e. The van der Waals surface area contributed by atoms with Gasteiger partial charge in [0.15, 0.2) is 5.13 Å². The number of aryl methyl sites for hydroxylation is 1. The third-order valence-corrected chi connectivity index (χ3v) is 5.22. The van der Waals surface area contributed by atoms with Gasteiger partial charge in [0.05, 0.1) is 10.2 Å². The molecular weight excluding hydrogens is 276 g/mol. The molecule has 1 heterocycles. The van der Waals surface area contributed by atoms with Gasteiger partial charge in [-0.05, 0) is 48.6 Å². The molecule has 1 saturated carbocycles. The number of nitrogens with zero attached hydrogens (tertiary/aromatic N) is 1. The van der Waals surface area contributed by atoms with Crippen LogP contribution in [0.25, 0.3) is 10.2 Å². The number of nitrogens with one attached hydrogen (secondary N) is 1. The lowest BCUT2D eigenvalue weighted by Gasteiger charge is -2.09. The Kier molecular flexibility index (Phi) is 3.27. The smallest absolute Gasteiger partial charge is 0.226 e. The lowest BCUT2D eigenvalue weighted by Crippen LogP contribution is -2.18. The van der Waals surface area contributed by atoms with Crippen molar-refractivity contribution < 1.29 is 4.79 Å². The fourth-order valence-electron chi connectivity index (χ4n) is 2.16. The summed E-state index contributed by atoms with van der Waals surface area (Å²) in [6, 6.07) is 6.12. The third-order valence-electron chi connectivity index (χ3n) is 3.62. The molecule has 1 aromatic carbocycles. The fraction of sp³-hybridized carbons (Fsp3) is 0.429. The molecule has 0 aliphatic heterocycles. The number of thiazole rings is 1. The zero-order valence-corrected chi connectivity index (χ0v) is 12.5. The average molecular weight is 292 g/mol. The number of hydrogen-bond acceptors (Lipinski definition) is 4. The first-order chi connectivity index (χ1) is 9.10. The van der Waals surface area contributed by atoms with Gasteiger partial charge in [0, 0.05) is 6.42 Å². The first kappa shape index (κ1) is 12.9. The number of carbonyl (C=O) groups is 1. The molecule has 19 heavy (non-hydrogen) atoms. The standard InChI is InChI=1S/C14H16N2OS2/c1-9-2-3-10-11(6-9)19-13(15-10)16-12(17)7-14(8-18)4-5-14/h2-3,6,18H,4-5,7-8H2,1H3,(H,15,16,17). The minimum atomic E-state index is 0.0577. The SMILES string of the molecule is Cc1ccc2nc(NC(=O)CC3(CS)CC3)sc2c1. The Labute approximate surface area is 121 Å². The summed E-state index contributed by atoms with van der Waals surface area (Å²) in [5, 5.41) is 3.61. The average Bonchev–Trinajstić information content (AvgIpc) is 3.02. The van der Waals surface area contributed by atoms with Gasteiger partial charge in [-0.25, -0.2) is 4.98 Å². The second-order valence-corrected chi connectivity index (χ2v) is 6.72. The Bertz CT molecular complexity index is 631. The predicted octanol–water partition coefficient (Wildman–Crippen LogP) is 3.64. The van der Waals surface area contributed by atoms with Crippen LogP contribution in [0.5, 0.6) is 0 Å². The van der Waals surface area contributed by atoms with Crippen LogP contribution in [0.2, 0.25) is 0 Å². The van der Waals surface area contributed by atoms with E-state index in [4.69, 9.17) is 0 Å². The Morgan fingerprint density at radius 1 is 1.53 bits per heavy atom. The number of rotatable bonds is 4. The van der Waals surface area contributed by atoms with Gasteiger partial charge in [0.2, 0.25) is 5.91 Å². The van der Waals surface area contributed by atoms with Gasteiger partial charge in [-0.15, -0.1) is 0 Å². The Hall–Kier alpha value is -1.07. The van der Waals surface area contributed by atoms with Crippen LogP contribution >= 0.6 is 24.0 Å². The number of amides is 1. The quantitative estimate of drug-likeness (QED) is 0.845. The molecular formula is C14H16N2OS2. The monoisotopic (exact) mass is 292 g/mol. The maximum absolute atomic E-state index is 12.0. The van der Waals surface area contributed by atoms with Crippen LogP contribution in [0.4, 0.5) is 5.13 Å². The number of hydrogen-bond donors (Lipinski definition) is 2. The predicted molar refractivity (Wildman–Crippen MR) is 83.1 cm³/mol. The Balaban J connectivity index is 1.72. The van der Waals surface area contributed by atoms with Crippen molar-refractivity contribution >= 4 is 45.2 Å². The fourth-order valence-corrected chi connectivity index (χ4v) is 3.57. The van der Waals surface area contributed by atoms with Gasteiger partial charge in [-0.1, -0.05) is 17.4 Å². The highest BCUT2D eigenvalue weighted by Crippen LogP contribution is 2.49. The number of thiol groups is 1. The molecule has 0 unspecified atom stereocenters. The summed E-state index contributed by atoms with van der Waals surface area (Å²) in [6.45, 7) is 2.06.